The Morgan fingerprint density at radius 1 is 1.07 bits per heavy atom. The second-order valence-corrected chi connectivity index (χ2v) is 6.89. The van der Waals surface area contributed by atoms with Crippen LogP contribution in [0, 0.1) is 0 Å². The molecule has 0 unspecified atom stereocenters. The lowest BCUT2D eigenvalue weighted by Crippen LogP contribution is -2.36. The molecule has 1 fully saturated rings. The van der Waals surface area contributed by atoms with Crippen LogP contribution < -0.4 is 19.7 Å². The Kier molecular flexibility index (Phi) is 6.29. The van der Waals surface area contributed by atoms with Crippen LogP contribution in [0.3, 0.4) is 0 Å². The number of nitrogens with one attached hydrogen (secondary N) is 1. The number of para-hydroxylation sites is 1. The van der Waals surface area contributed by atoms with Crippen molar-refractivity contribution in [1.29, 1.82) is 0 Å². The fourth-order valence-electron chi connectivity index (χ4n) is 3.34. The van der Waals surface area contributed by atoms with E-state index in [-0.39, 0.29) is 12.5 Å². The van der Waals surface area contributed by atoms with Crippen molar-refractivity contribution in [1.82, 2.24) is 4.98 Å². The molecule has 1 aromatic heterocycles. The van der Waals surface area contributed by atoms with Gasteiger partial charge in [0.25, 0.3) is 5.91 Å². The number of hydrogen-bond donors (Lipinski definition) is 1. The molecule has 1 saturated heterocycles. The van der Waals surface area contributed by atoms with Gasteiger partial charge in [-0.3, -0.25) is 4.79 Å². The number of carbonyl (C=O) groups excluding carboxylic acids is 1. The van der Waals surface area contributed by atoms with E-state index in [2.05, 4.69) is 10.2 Å². The monoisotopic (exact) mass is 407 g/mol. The lowest BCUT2D eigenvalue weighted by molar-refractivity contribution is -0.118. The fourth-order valence-corrected chi connectivity index (χ4v) is 3.34. The van der Waals surface area contributed by atoms with Gasteiger partial charge >= 0.3 is 0 Å². The zero-order chi connectivity index (χ0) is 20.8. The summed E-state index contributed by atoms with van der Waals surface area (Å²) in [7, 11) is 0. The Balaban J connectivity index is 1.43. The third kappa shape index (κ3) is 4.80. The first-order chi connectivity index (χ1) is 14.7. The molecule has 3 aromatic rings. The molecule has 0 atom stereocenters. The first-order valence-corrected chi connectivity index (χ1v) is 10.1. The number of pyridine rings is 1. The van der Waals surface area contributed by atoms with Crippen molar-refractivity contribution in [3.05, 3.63) is 54.6 Å². The summed E-state index contributed by atoms with van der Waals surface area (Å²) in [6, 6.07) is 17.0. The Labute approximate surface area is 175 Å². The molecule has 0 aliphatic carbocycles. The molecular weight excluding hydrogens is 382 g/mol. The lowest BCUT2D eigenvalue weighted by atomic mass is 10.2. The number of rotatable bonds is 7. The number of morpholine rings is 1. The van der Waals surface area contributed by atoms with Gasteiger partial charge in [-0.05, 0) is 49.4 Å². The molecular formula is C23H25N3O4. The number of nitrogens with zero attached hydrogens (tertiary/aromatic N) is 2. The van der Waals surface area contributed by atoms with Gasteiger partial charge in [-0.15, -0.1) is 0 Å². The van der Waals surface area contributed by atoms with E-state index in [1.165, 1.54) is 0 Å². The highest BCUT2D eigenvalue weighted by molar-refractivity contribution is 5.92. The van der Waals surface area contributed by atoms with Crippen LogP contribution in [0.5, 0.6) is 11.5 Å². The van der Waals surface area contributed by atoms with E-state index < -0.39 is 0 Å². The highest BCUT2D eigenvalue weighted by Gasteiger charge is 2.14. The molecule has 30 heavy (non-hydrogen) atoms. The number of carbonyl (C=O) groups is 1. The molecule has 4 rings (SSSR count). The van der Waals surface area contributed by atoms with Crippen LogP contribution >= 0.6 is 0 Å². The maximum atomic E-state index is 12.3. The molecule has 1 aliphatic rings. The van der Waals surface area contributed by atoms with Crippen LogP contribution in [0.4, 0.5) is 11.5 Å². The molecule has 7 nitrogen and oxygen atoms in total. The number of benzene rings is 2. The summed E-state index contributed by atoms with van der Waals surface area (Å²) in [6.07, 6.45) is 0. The number of aromatic nitrogens is 1. The zero-order valence-corrected chi connectivity index (χ0v) is 17.0. The molecule has 1 amide bonds. The predicted molar refractivity (Wildman–Crippen MR) is 117 cm³/mol. The van der Waals surface area contributed by atoms with Gasteiger partial charge in [0.05, 0.1) is 19.8 Å². The summed E-state index contributed by atoms with van der Waals surface area (Å²) in [4.78, 5) is 19.3. The van der Waals surface area contributed by atoms with Crippen LogP contribution in [-0.2, 0) is 9.53 Å². The molecule has 0 saturated carbocycles. The SMILES string of the molecule is CCOc1ccc(NC(=O)COc2cccc3ccc(N4CCOCC4)nc23)cc1. The van der Waals surface area contributed by atoms with Crippen molar-refractivity contribution in [3.63, 3.8) is 0 Å². The van der Waals surface area contributed by atoms with Crippen LogP contribution in [0.15, 0.2) is 54.6 Å². The van der Waals surface area contributed by atoms with Crippen LogP contribution in [0.2, 0.25) is 0 Å². The minimum absolute atomic E-state index is 0.101. The average molecular weight is 407 g/mol. The van der Waals surface area contributed by atoms with Crippen molar-refractivity contribution in [2.45, 2.75) is 6.92 Å². The smallest absolute Gasteiger partial charge is 0.262 e. The molecule has 7 heteroatoms. The Hall–Kier alpha value is -3.32. The van der Waals surface area contributed by atoms with E-state index >= 15 is 0 Å². The van der Waals surface area contributed by atoms with E-state index in [0.717, 1.165) is 35.6 Å². The van der Waals surface area contributed by atoms with Crippen molar-refractivity contribution in [2.75, 3.05) is 49.7 Å². The molecule has 0 radical (unpaired) electrons. The topological polar surface area (TPSA) is 72.9 Å². The van der Waals surface area contributed by atoms with Gasteiger partial charge in [-0.1, -0.05) is 12.1 Å². The summed E-state index contributed by atoms with van der Waals surface area (Å²) >= 11 is 0. The van der Waals surface area contributed by atoms with E-state index in [0.29, 0.717) is 31.3 Å². The maximum Gasteiger partial charge on any atom is 0.262 e. The Morgan fingerprint density at radius 2 is 1.87 bits per heavy atom. The molecule has 2 aromatic carbocycles. The predicted octanol–water partition coefficient (Wildman–Crippen LogP) is 3.49. The summed E-state index contributed by atoms with van der Waals surface area (Å²) in [5.41, 5.74) is 1.44. The van der Waals surface area contributed by atoms with Gasteiger partial charge in [-0.25, -0.2) is 4.98 Å². The minimum atomic E-state index is -0.236. The first kappa shape index (κ1) is 20.0. The highest BCUT2D eigenvalue weighted by atomic mass is 16.5. The zero-order valence-electron chi connectivity index (χ0n) is 17.0. The first-order valence-electron chi connectivity index (χ1n) is 10.1. The number of hydrogen-bond acceptors (Lipinski definition) is 6. The van der Waals surface area contributed by atoms with Crippen molar-refractivity contribution >= 4 is 28.3 Å². The van der Waals surface area contributed by atoms with Gasteiger partial charge < -0.3 is 24.4 Å². The van der Waals surface area contributed by atoms with Gasteiger partial charge in [0.1, 0.15) is 22.8 Å². The van der Waals surface area contributed by atoms with E-state index in [9.17, 15) is 4.79 Å². The average Bonchev–Trinajstić information content (AvgIpc) is 2.79. The third-order valence-electron chi connectivity index (χ3n) is 4.81. The lowest BCUT2D eigenvalue weighted by Gasteiger charge is -2.28. The normalized spacial score (nSPS) is 13.8. The number of anilines is 2. The summed E-state index contributed by atoms with van der Waals surface area (Å²) in [5.74, 6) is 2.01. The third-order valence-corrected chi connectivity index (χ3v) is 4.81. The van der Waals surface area contributed by atoms with Crippen molar-refractivity contribution in [2.24, 2.45) is 0 Å². The second kappa shape index (κ2) is 9.45. The molecule has 0 spiro atoms. The molecule has 0 bridgehead atoms. The van der Waals surface area contributed by atoms with E-state index in [4.69, 9.17) is 19.2 Å². The second-order valence-electron chi connectivity index (χ2n) is 6.89. The summed E-state index contributed by atoms with van der Waals surface area (Å²) in [6.45, 7) is 5.45. The highest BCUT2D eigenvalue weighted by Crippen LogP contribution is 2.27. The van der Waals surface area contributed by atoms with Gasteiger partial charge in [0, 0.05) is 24.2 Å². The molecule has 1 aliphatic heterocycles. The van der Waals surface area contributed by atoms with Gasteiger partial charge in [-0.2, -0.15) is 0 Å². The molecule has 2 heterocycles. The number of ether oxygens (including phenoxy) is 3. The molecule has 1 N–H and O–H groups in total. The largest absolute Gasteiger partial charge is 0.494 e. The maximum absolute atomic E-state index is 12.3. The van der Waals surface area contributed by atoms with Gasteiger partial charge in [0.2, 0.25) is 0 Å². The van der Waals surface area contributed by atoms with Crippen LogP contribution in [-0.4, -0.2) is 50.4 Å². The Bertz CT molecular complexity index is 1000. The fraction of sp³-hybridized carbons (Fsp3) is 0.304. The quantitative estimate of drug-likeness (QED) is 0.646. The summed E-state index contributed by atoms with van der Waals surface area (Å²) in [5, 5.41) is 3.80. The Morgan fingerprint density at radius 3 is 2.63 bits per heavy atom. The number of fused-ring (bicyclic) bond motifs is 1. The molecule has 156 valence electrons. The van der Waals surface area contributed by atoms with Crippen molar-refractivity contribution < 1.29 is 19.0 Å². The summed E-state index contributed by atoms with van der Waals surface area (Å²) < 4.78 is 16.6. The van der Waals surface area contributed by atoms with Gasteiger partial charge in [0.15, 0.2) is 6.61 Å². The minimum Gasteiger partial charge on any atom is -0.494 e. The standard InChI is InChI=1S/C23H25N3O4/c1-2-29-19-9-7-18(8-10-19)24-22(27)16-30-20-5-3-4-17-6-11-21(25-23(17)20)26-12-14-28-15-13-26/h3-11H,2,12-16H2,1H3,(H,24,27). The van der Waals surface area contributed by atoms with Crippen LogP contribution in [0.1, 0.15) is 6.92 Å². The van der Waals surface area contributed by atoms with E-state index in [1.807, 2.05) is 49.4 Å². The number of amides is 1. The van der Waals surface area contributed by atoms with Crippen LogP contribution in [0.25, 0.3) is 10.9 Å². The van der Waals surface area contributed by atoms with E-state index in [1.54, 1.807) is 12.1 Å². The van der Waals surface area contributed by atoms with Crippen molar-refractivity contribution in [3.8, 4) is 11.5 Å².